The summed E-state index contributed by atoms with van der Waals surface area (Å²) in [5, 5.41) is 3.52. The third-order valence-electron chi connectivity index (χ3n) is 3.75. The maximum Gasteiger partial charge on any atom is 0.267 e. The number of rotatable bonds is 7. The zero-order valence-electron chi connectivity index (χ0n) is 12.1. The van der Waals surface area contributed by atoms with Gasteiger partial charge in [-0.2, -0.15) is 0 Å². The van der Waals surface area contributed by atoms with Crippen molar-refractivity contribution in [3.63, 3.8) is 0 Å². The molecule has 110 valence electrons. The smallest absolute Gasteiger partial charge is 0.267 e. The van der Waals surface area contributed by atoms with Crippen molar-refractivity contribution in [2.75, 3.05) is 24.5 Å². The Labute approximate surface area is 120 Å². The average molecular weight is 276 g/mol. The zero-order chi connectivity index (χ0) is 14.4. The molecule has 0 aliphatic carbocycles. The van der Waals surface area contributed by atoms with Gasteiger partial charge in [-0.15, -0.1) is 0 Å². The summed E-state index contributed by atoms with van der Waals surface area (Å²) in [6.07, 6.45) is 6.42. The summed E-state index contributed by atoms with van der Waals surface area (Å²) in [4.78, 5) is 17.6. The SMILES string of the molecule is CCCCN(CC1CCCN1)c1ccnc(C(N)=O)c1. The Balaban J connectivity index is 2.11. The van der Waals surface area contributed by atoms with Gasteiger partial charge in [-0.1, -0.05) is 13.3 Å². The van der Waals surface area contributed by atoms with Crippen molar-refractivity contribution in [1.29, 1.82) is 0 Å². The monoisotopic (exact) mass is 276 g/mol. The Kier molecular flexibility index (Phi) is 5.35. The van der Waals surface area contributed by atoms with Crippen LogP contribution in [0, 0.1) is 0 Å². The topological polar surface area (TPSA) is 71.2 Å². The van der Waals surface area contributed by atoms with Crippen molar-refractivity contribution in [2.45, 2.75) is 38.6 Å². The lowest BCUT2D eigenvalue weighted by molar-refractivity contribution is 0.0995. The average Bonchev–Trinajstić information content (AvgIpc) is 2.96. The molecule has 1 fully saturated rings. The van der Waals surface area contributed by atoms with E-state index in [1.807, 2.05) is 6.07 Å². The van der Waals surface area contributed by atoms with Gasteiger partial charge in [-0.05, 0) is 37.9 Å². The highest BCUT2D eigenvalue weighted by atomic mass is 16.1. The summed E-state index contributed by atoms with van der Waals surface area (Å²) in [5.74, 6) is -0.471. The second kappa shape index (κ2) is 7.24. The molecule has 1 atom stereocenters. The van der Waals surface area contributed by atoms with E-state index in [-0.39, 0.29) is 0 Å². The largest absolute Gasteiger partial charge is 0.370 e. The van der Waals surface area contributed by atoms with Crippen molar-refractivity contribution < 1.29 is 4.79 Å². The fourth-order valence-corrected chi connectivity index (χ4v) is 2.60. The number of carbonyl (C=O) groups is 1. The lowest BCUT2D eigenvalue weighted by Crippen LogP contribution is -2.38. The highest BCUT2D eigenvalue weighted by Gasteiger charge is 2.18. The van der Waals surface area contributed by atoms with Gasteiger partial charge in [0.25, 0.3) is 5.91 Å². The number of anilines is 1. The maximum absolute atomic E-state index is 11.3. The lowest BCUT2D eigenvalue weighted by atomic mass is 10.2. The molecule has 2 heterocycles. The van der Waals surface area contributed by atoms with Crippen LogP contribution in [-0.2, 0) is 0 Å². The van der Waals surface area contributed by atoms with Crippen LogP contribution in [0.1, 0.15) is 43.1 Å². The molecule has 1 aromatic rings. The van der Waals surface area contributed by atoms with Crippen LogP contribution in [0.5, 0.6) is 0 Å². The molecule has 3 N–H and O–H groups in total. The van der Waals surface area contributed by atoms with E-state index in [2.05, 4.69) is 22.1 Å². The van der Waals surface area contributed by atoms with Crippen molar-refractivity contribution in [2.24, 2.45) is 5.73 Å². The Morgan fingerprint density at radius 2 is 2.45 bits per heavy atom. The number of aromatic nitrogens is 1. The van der Waals surface area contributed by atoms with E-state index in [0.29, 0.717) is 11.7 Å². The highest BCUT2D eigenvalue weighted by Crippen LogP contribution is 2.18. The minimum atomic E-state index is -0.471. The van der Waals surface area contributed by atoms with Crippen molar-refractivity contribution in [3.05, 3.63) is 24.0 Å². The molecule has 0 radical (unpaired) electrons. The molecule has 1 unspecified atom stereocenters. The number of amides is 1. The third-order valence-corrected chi connectivity index (χ3v) is 3.75. The first kappa shape index (κ1) is 14.8. The summed E-state index contributed by atoms with van der Waals surface area (Å²) >= 11 is 0. The first-order chi connectivity index (χ1) is 9.70. The predicted octanol–water partition coefficient (Wildman–Crippen LogP) is 1.54. The second-order valence-corrected chi connectivity index (χ2v) is 5.36. The number of nitrogens with zero attached hydrogens (tertiary/aromatic N) is 2. The maximum atomic E-state index is 11.3. The van der Waals surface area contributed by atoms with Gasteiger partial charge in [0.2, 0.25) is 0 Å². The molecule has 0 saturated carbocycles. The number of hydrogen-bond donors (Lipinski definition) is 2. The fourth-order valence-electron chi connectivity index (χ4n) is 2.60. The van der Waals surface area contributed by atoms with Crippen LogP contribution in [0.2, 0.25) is 0 Å². The molecule has 5 nitrogen and oxygen atoms in total. The van der Waals surface area contributed by atoms with E-state index in [1.165, 1.54) is 12.8 Å². The van der Waals surface area contributed by atoms with E-state index < -0.39 is 5.91 Å². The molecule has 1 saturated heterocycles. The van der Waals surface area contributed by atoms with Crippen LogP contribution in [0.25, 0.3) is 0 Å². The van der Waals surface area contributed by atoms with Gasteiger partial charge in [0.1, 0.15) is 5.69 Å². The molecule has 0 spiro atoms. The van der Waals surface area contributed by atoms with Crippen LogP contribution < -0.4 is 16.0 Å². The number of pyridine rings is 1. The molecule has 20 heavy (non-hydrogen) atoms. The summed E-state index contributed by atoms with van der Waals surface area (Å²) in [5.41, 5.74) is 6.69. The first-order valence-electron chi connectivity index (χ1n) is 7.45. The number of carbonyl (C=O) groups excluding carboxylic acids is 1. The van der Waals surface area contributed by atoms with Gasteiger partial charge in [0.05, 0.1) is 0 Å². The van der Waals surface area contributed by atoms with Crippen molar-refractivity contribution in [3.8, 4) is 0 Å². The van der Waals surface area contributed by atoms with Crippen LogP contribution in [0.4, 0.5) is 5.69 Å². The van der Waals surface area contributed by atoms with Crippen LogP contribution in [0.3, 0.4) is 0 Å². The first-order valence-corrected chi connectivity index (χ1v) is 7.45. The summed E-state index contributed by atoms with van der Waals surface area (Å²) in [6, 6.07) is 4.29. The Hall–Kier alpha value is -1.62. The van der Waals surface area contributed by atoms with Crippen molar-refractivity contribution >= 4 is 11.6 Å². The van der Waals surface area contributed by atoms with E-state index in [4.69, 9.17) is 5.73 Å². The Bertz CT molecular complexity index is 443. The molecular weight excluding hydrogens is 252 g/mol. The standard InChI is InChI=1S/C15H24N4O/c1-2-3-9-19(11-12-5-4-7-17-12)13-6-8-18-14(10-13)15(16)20/h6,8,10,12,17H,2-5,7,9,11H2,1H3,(H2,16,20). The quantitative estimate of drug-likeness (QED) is 0.792. The van der Waals surface area contributed by atoms with Gasteiger partial charge in [0.15, 0.2) is 0 Å². The molecule has 1 amide bonds. The molecule has 5 heteroatoms. The normalized spacial score (nSPS) is 18.1. The predicted molar refractivity (Wildman–Crippen MR) is 80.9 cm³/mol. The van der Waals surface area contributed by atoms with E-state index in [1.54, 1.807) is 12.3 Å². The van der Waals surface area contributed by atoms with E-state index >= 15 is 0 Å². The lowest BCUT2D eigenvalue weighted by Gasteiger charge is -2.28. The molecule has 1 aliphatic rings. The second-order valence-electron chi connectivity index (χ2n) is 5.36. The molecule has 0 bridgehead atoms. The minimum Gasteiger partial charge on any atom is -0.370 e. The minimum absolute atomic E-state index is 0.336. The van der Waals surface area contributed by atoms with Crippen LogP contribution >= 0.6 is 0 Å². The van der Waals surface area contributed by atoms with Gasteiger partial charge in [-0.3, -0.25) is 9.78 Å². The van der Waals surface area contributed by atoms with E-state index in [0.717, 1.165) is 38.2 Å². The molecule has 1 aliphatic heterocycles. The number of primary amides is 1. The molecule has 1 aromatic heterocycles. The van der Waals surface area contributed by atoms with Gasteiger partial charge in [0, 0.05) is 31.0 Å². The van der Waals surface area contributed by atoms with E-state index in [9.17, 15) is 4.79 Å². The van der Waals surface area contributed by atoms with Gasteiger partial charge >= 0.3 is 0 Å². The number of unbranched alkanes of at least 4 members (excludes halogenated alkanes) is 1. The summed E-state index contributed by atoms with van der Waals surface area (Å²) in [7, 11) is 0. The zero-order valence-corrected chi connectivity index (χ0v) is 12.1. The van der Waals surface area contributed by atoms with Crippen LogP contribution in [0.15, 0.2) is 18.3 Å². The van der Waals surface area contributed by atoms with Gasteiger partial charge < -0.3 is 16.0 Å². The Morgan fingerprint density at radius 1 is 1.60 bits per heavy atom. The number of nitrogens with two attached hydrogens (primary N) is 1. The third kappa shape index (κ3) is 3.93. The highest BCUT2D eigenvalue weighted by molar-refractivity contribution is 5.91. The number of hydrogen-bond acceptors (Lipinski definition) is 4. The fraction of sp³-hybridized carbons (Fsp3) is 0.600. The van der Waals surface area contributed by atoms with Crippen molar-refractivity contribution in [1.82, 2.24) is 10.3 Å². The Morgan fingerprint density at radius 3 is 3.10 bits per heavy atom. The van der Waals surface area contributed by atoms with Crippen LogP contribution in [-0.4, -0.2) is 36.6 Å². The molecular formula is C15H24N4O. The molecule has 0 aromatic carbocycles. The molecule has 2 rings (SSSR count). The number of nitrogens with one attached hydrogen (secondary N) is 1. The van der Waals surface area contributed by atoms with Gasteiger partial charge in [-0.25, -0.2) is 0 Å². The summed E-state index contributed by atoms with van der Waals surface area (Å²) < 4.78 is 0. The summed E-state index contributed by atoms with van der Waals surface area (Å²) in [6.45, 7) is 5.27.